The molecule has 2 aliphatic carbocycles. The van der Waals surface area contributed by atoms with Crippen LogP contribution in [0.15, 0.2) is 24.3 Å². The van der Waals surface area contributed by atoms with Crippen LogP contribution in [0.1, 0.15) is 83.3 Å². The number of rotatable bonds is 6. The van der Waals surface area contributed by atoms with E-state index in [2.05, 4.69) is 50.4 Å². The monoisotopic (exact) mass is 384 g/mol. The maximum Gasteiger partial charge on any atom is 0.225 e. The molecule has 2 aliphatic rings. The van der Waals surface area contributed by atoms with Crippen molar-refractivity contribution in [2.75, 3.05) is 7.05 Å². The van der Waals surface area contributed by atoms with Crippen molar-refractivity contribution in [3.63, 3.8) is 0 Å². The van der Waals surface area contributed by atoms with E-state index in [0.29, 0.717) is 18.4 Å². The van der Waals surface area contributed by atoms with Crippen LogP contribution in [0.2, 0.25) is 0 Å². The molecule has 0 atom stereocenters. The molecule has 1 aromatic rings. The molecule has 0 unspecified atom stereocenters. The largest absolute Gasteiger partial charge is 0.353 e. The molecule has 2 fully saturated rings. The lowest BCUT2D eigenvalue weighted by Crippen LogP contribution is -2.53. The molecule has 0 radical (unpaired) electrons. The van der Waals surface area contributed by atoms with E-state index in [1.54, 1.807) is 0 Å². The van der Waals surface area contributed by atoms with Crippen LogP contribution >= 0.6 is 0 Å². The SMILES string of the molecule is CCCC(=O)NC1CC(C(=O)N(C)C2CC(c3cccc(C(C)(C)C)c3)C2)C1. The normalized spacial score (nSPS) is 26.8. The van der Waals surface area contributed by atoms with E-state index in [0.717, 1.165) is 32.1 Å². The molecule has 0 bridgehead atoms. The summed E-state index contributed by atoms with van der Waals surface area (Å²) in [6.45, 7) is 8.75. The first-order chi connectivity index (χ1) is 13.2. The molecule has 3 rings (SSSR count). The summed E-state index contributed by atoms with van der Waals surface area (Å²) in [5.74, 6) is 1.02. The highest BCUT2D eigenvalue weighted by atomic mass is 16.2. The van der Waals surface area contributed by atoms with E-state index < -0.39 is 0 Å². The Labute approximate surface area is 170 Å². The van der Waals surface area contributed by atoms with Crippen molar-refractivity contribution in [2.24, 2.45) is 5.92 Å². The zero-order valence-electron chi connectivity index (χ0n) is 18.1. The maximum atomic E-state index is 12.8. The van der Waals surface area contributed by atoms with E-state index in [1.165, 1.54) is 11.1 Å². The smallest absolute Gasteiger partial charge is 0.225 e. The maximum absolute atomic E-state index is 12.8. The van der Waals surface area contributed by atoms with Gasteiger partial charge in [0.05, 0.1) is 0 Å². The standard InChI is InChI=1S/C24H36N2O2/c1-6-8-22(27)25-20-12-18(13-20)23(28)26(5)21-14-17(15-21)16-9-7-10-19(11-16)24(2,3)4/h7,9-11,17-18,20-21H,6,8,12-15H2,1-5H3,(H,25,27). The van der Waals surface area contributed by atoms with E-state index in [1.807, 2.05) is 18.9 Å². The number of nitrogens with zero attached hydrogens (tertiary/aromatic N) is 1. The molecular formula is C24H36N2O2. The zero-order valence-corrected chi connectivity index (χ0v) is 18.1. The van der Waals surface area contributed by atoms with Gasteiger partial charge in [-0.1, -0.05) is 52.0 Å². The van der Waals surface area contributed by atoms with Crippen LogP contribution in [0.3, 0.4) is 0 Å². The van der Waals surface area contributed by atoms with Gasteiger partial charge >= 0.3 is 0 Å². The van der Waals surface area contributed by atoms with Crippen LogP contribution in [0.5, 0.6) is 0 Å². The topological polar surface area (TPSA) is 49.4 Å². The van der Waals surface area contributed by atoms with Gasteiger partial charge < -0.3 is 10.2 Å². The Hall–Kier alpha value is -1.84. The second kappa shape index (κ2) is 8.26. The lowest BCUT2D eigenvalue weighted by Gasteiger charge is -2.45. The third-order valence-corrected chi connectivity index (χ3v) is 6.56. The predicted molar refractivity (Wildman–Crippen MR) is 113 cm³/mol. The van der Waals surface area contributed by atoms with Gasteiger partial charge in [-0.25, -0.2) is 0 Å². The first kappa shape index (κ1) is 20.9. The van der Waals surface area contributed by atoms with Crippen molar-refractivity contribution in [1.29, 1.82) is 0 Å². The van der Waals surface area contributed by atoms with Crippen molar-refractivity contribution in [3.05, 3.63) is 35.4 Å². The Morgan fingerprint density at radius 2 is 1.82 bits per heavy atom. The summed E-state index contributed by atoms with van der Waals surface area (Å²) >= 11 is 0. The summed E-state index contributed by atoms with van der Waals surface area (Å²) in [6, 6.07) is 9.49. The number of carbonyl (C=O) groups excluding carboxylic acids is 2. The van der Waals surface area contributed by atoms with E-state index in [4.69, 9.17) is 0 Å². The molecule has 2 amide bonds. The minimum absolute atomic E-state index is 0.0835. The molecule has 28 heavy (non-hydrogen) atoms. The van der Waals surface area contributed by atoms with Crippen LogP contribution in [-0.2, 0) is 15.0 Å². The molecule has 0 aromatic heterocycles. The van der Waals surface area contributed by atoms with Gasteiger partial charge in [-0.15, -0.1) is 0 Å². The number of benzene rings is 1. The number of nitrogens with one attached hydrogen (secondary N) is 1. The third-order valence-electron chi connectivity index (χ3n) is 6.56. The molecule has 4 heteroatoms. The lowest BCUT2D eigenvalue weighted by molar-refractivity contribution is -0.142. The van der Waals surface area contributed by atoms with E-state index in [9.17, 15) is 9.59 Å². The second-order valence-electron chi connectivity index (χ2n) is 9.83. The lowest BCUT2D eigenvalue weighted by atomic mass is 9.72. The molecule has 0 spiro atoms. The van der Waals surface area contributed by atoms with Gasteiger partial charge in [-0.2, -0.15) is 0 Å². The molecule has 4 nitrogen and oxygen atoms in total. The fourth-order valence-electron chi connectivity index (χ4n) is 4.37. The van der Waals surface area contributed by atoms with Crippen molar-refractivity contribution in [2.45, 2.75) is 89.6 Å². The van der Waals surface area contributed by atoms with Gasteiger partial charge in [-0.05, 0) is 54.6 Å². The minimum Gasteiger partial charge on any atom is -0.353 e. The molecule has 0 saturated heterocycles. The van der Waals surface area contributed by atoms with Crippen LogP contribution in [0, 0.1) is 5.92 Å². The van der Waals surface area contributed by atoms with Crippen LogP contribution < -0.4 is 5.32 Å². The van der Waals surface area contributed by atoms with Crippen molar-refractivity contribution < 1.29 is 9.59 Å². The highest BCUT2D eigenvalue weighted by Gasteiger charge is 2.41. The molecule has 1 N–H and O–H groups in total. The van der Waals surface area contributed by atoms with E-state index in [-0.39, 0.29) is 29.2 Å². The molecule has 2 saturated carbocycles. The summed E-state index contributed by atoms with van der Waals surface area (Å²) < 4.78 is 0. The molecule has 1 aromatic carbocycles. The number of carbonyl (C=O) groups is 2. The van der Waals surface area contributed by atoms with Gasteiger partial charge in [-0.3, -0.25) is 9.59 Å². The Balaban J connectivity index is 1.46. The molecule has 0 heterocycles. The van der Waals surface area contributed by atoms with E-state index >= 15 is 0 Å². The molecular weight excluding hydrogens is 348 g/mol. The van der Waals surface area contributed by atoms with Crippen LogP contribution in [0.4, 0.5) is 0 Å². The Morgan fingerprint density at radius 3 is 2.43 bits per heavy atom. The van der Waals surface area contributed by atoms with Gasteiger partial charge in [0.15, 0.2) is 0 Å². The van der Waals surface area contributed by atoms with Crippen LogP contribution in [0.25, 0.3) is 0 Å². The second-order valence-corrected chi connectivity index (χ2v) is 9.83. The Kier molecular flexibility index (Phi) is 6.16. The van der Waals surface area contributed by atoms with Crippen LogP contribution in [-0.4, -0.2) is 35.8 Å². The fourth-order valence-corrected chi connectivity index (χ4v) is 4.37. The number of hydrogen-bond donors (Lipinski definition) is 1. The first-order valence-electron chi connectivity index (χ1n) is 10.9. The molecule has 154 valence electrons. The summed E-state index contributed by atoms with van der Waals surface area (Å²) in [7, 11) is 1.96. The highest BCUT2D eigenvalue weighted by Crippen LogP contribution is 2.41. The highest BCUT2D eigenvalue weighted by molar-refractivity contribution is 5.81. The fraction of sp³-hybridized carbons (Fsp3) is 0.667. The summed E-state index contributed by atoms with van der Waals surface area (Å²) in [4.78, 5) is 26.4. The Morgan fingerprint density at radius 1 is 1.14 bits per heavy atom. The van der Waals surface area contributed by atoms with Gasteiger partial charge in [0.25, 0.3) is 0 Å². The summed E-state index contributed by atoms with van der Waals surface area (Å²) in [6.07, 6.45) is 5.14. The quantitative estimate of drug-likeness (QED) is 0.791. The summed E-state index contributed by atoms with van der Waals surface area (Å²) in [5, 5.41) is 3.03. The number of amides is 2. The average Bonchev–Trinajstić information content (AvgIpc) is 2.55. The van der Waals surface area contributed by atoms with Crippen molar-refractivity contribution >= 4 is 11.8 Å². The third kappa shape index (κ3) is 4.59. The minimum atomic E-state index is 0.0835. The average molecular weight is 385 g/mol. The van der Waals surface area contributed by atoms with Gasteiger partial charge in [0.1, 0.15) is 0 Å². The molecule has 0 aliphatic heterocycles. The summed E-state index contributed by atoms with van der Waals surface area (Å²) in [5.41, 5.74) is 2.95. The van der Waals surface area contributed by atoms with Gasteiger partial charge in [0.2, 0.25) is 11.8 Å². The zero-order chi connectivity index (χ0) is 20.5. The predicted octanol–water partition coefficient (Wildman–Crippen LogP) is 4.38. The van der Waals surface area contributed by atoms with Crippen molar-refractivity contribution in [1.82, 2.24) is 10.2 Å². The van der Waals surface area contributed by atoms with Crippen molar-refractivity contribution in [3.8, 4) is 0 Å². The van der Waals surface area contributed by atoms with Gasteiger partial charge in [0, 0.05) is 31.5 Å². The first-order valence-corrected chi connectivity index (χ1v) is 10.9. The Bertz CT molecular complexity index is 710. The number of hydrogen-bond acceptors (Lipinski definition) is 2.